The smallest absolute Gasteiger partial charge is 0.303 e. The summed E-state index contributed by atoms with van der Waals surface area (Å²) >= 11 is 0. The molecule has 0 radical (unpaired) electrons. The van der Waals surface area contributed by atoms with Gasteiger partial charge in [-0.15, -0.1) is 0 Å². The first-order valence-electron chi connectivity index (χ1n) is 13.2. The molecule has 8 aromatic rings. The zero-order chi connectivity index (χ0) is 29.0. The summed E-state index contributed by atoms with van der Waals surface area (Å²) < 4.78 is 51.5. The molecule has 3 N–H and O–H groups in total. The summed E-state index contributed by atoms with van der Waals surface area (Å²) in [5, 5.41) is 10.6. The van der Waals surface area contributed by atoms with Crippen molar-refractivity contribution in [3.05, 3.63) is 103 Å². The van der Waals surface area contributed by atoms with E-state index in [9.17, 15) is 27.3 Å². The lowest BCUT2D eigenvalue weighted by atomic mass is 9.84. The van der Waals surface area contributed by atoms with Gasteiger partial charge in [0.05, 0.1) is 6.61 Å². The van der Waals surface area contributed by atoms with E-state index in [2.05, 4.69) is 6.07 Å². The van der Waals surface area contributed by atoms with Gasteiger partial charge in [-0.3, -0.25) is 9.08 Å². The molecule has 0 aromatic heterocycles. The quantitative estimate of drug-likeness (QED) is 0.105. The summed E-state index contributed by atoms with van der Waals surface area (Å²) in [6.45, 7) is -0.238. The van der Waals surface area contributed by atoms with Gasteiger partial charge in [0.2, 0.25) is 0 Å². The first-order valence-corrected chi connectivity index (χ1v) is 16.1. The molecule has 0 aliphatic carbocycles. The van der Waals surface area contributed by atoms with Crippen LogP contribution in [0.25, 0.3) is 75.8 Å². The molecule has 0 aliphatic rings. The molecule has 9 heteroatoms. The van der Waals surface area contributed by atoms with Crippen LogP contribution in [0.4, 0.5) is 0 Å². The number of hydrogen-bond donors (Lipinski definition) is 3. The monoisotopic (exact) mass is 592 g/mol. The zero-order valence-corrected chi connectivity index (χ0v) is 23.5. The Kier molecular flexibility index (Phi) is 5.29. The van der Waals surface area contributed by atoms with Gasteiger partial charge in [0.25, 0.3) is 10.1 Å². The van der Waals surface area contributed by atoms with Gasteiger partial charge in [-0.2, -0.15) is 8.42 Å². The van der Waals surface area contributed by atoms with Gasteiger partial charge in [-0.25, -0.2) is 4.57 Å². The van der Waals surface area contributed by atoms with Gasteiger partial charge in [-0.05, 0) is 94.1 Å². The van der Waals surface area contributed by atoms with Crippen LogP contribution in [-0.2, 0) is 25.8 Å². The Morgan fingerprint density at radius 2 is 1.12 bits per heavy atom. The lowest BCUT2D eigenvalue weighted by Gasteiger charge is -2.20. The first-order chi connectivity index (χ1) is 20.1. The van der Waals surface area contributed by atoms with E-state index in [1.165, 1.54) is 6.07 Å². The minimum absolute atomic E-state index is 0.138. The molecule has 206 valence electrons. The van der Waals surface area contributed by atoms with E-state index >= 15 is 0 Å². The molecule has 7 nitrogen and oxygen atoms in total. The molecule has 0 aliphatic heterocycles. The Bertz CT molecular complexity index is 2550. The van der Waals surface area contributed by atoms with Crippen LogP contribution in [0.5, 0.6) is 0 Å². The van der Waals surface area contributed by atoms with Crippen LogP contribution in [0.15, 0.2) is 102 Å². The Labute approximate surface area is 239 Å². The minimum atomic E-state index is -4.65. The molecule has 8 aromatic carbocycles. The maximum absolute atomic E-state index is 12.5. The van der Waals surface area contributed by atoms with Gasteiger partial charge in [0.1, 0.15) is 4.90 Å². The van der Waals surface area contributed by atoms with Crippen molar-refractivity contribution in [3.8, 4) is 11.1 Å². The second-order valence-corrected chi connectivity index (χ2v) is 13.2. The van der Waals surface area contributed by atoms with Crippen LogP contribution in [0.2, 0.25) is 0 Å². The number of phosphoric acid groups is 1. The molecular formula is C33H21O7PS. The fourth-order valence-corrected chi connectivity index (χ4v) is 7.62. The maximum Gasteiger partial charge on any atom is 0.469 e. The molecule has 8 rings (SSSR count). The normalized spacial score (nSPS) is 13.1. The fraction of sp³-hybridized carbons (Fsp3) is 0.0303. The molecule has 0 saturated carbocycles. The summed E-state index contributed by atoms with van der Waals surface area (Å²) in [6.07, 6.45) is 0. The average Bonchev–Trinajstić information content (AvgIpc) is 2.96. The molecule has 0 fully saturated rings. The van der Waals surface area contributed by atoms with Crippen LogP contribution >= 0.6 is 7.82 Å². The first kappa shape index (κ1) is 25.6. The highest BCUT2D eigenvalue weighted by Gasteiger charge is 2.23. The molecule has 0 spiro atoms. The Morgan fingerprint density at radius 1 is 0.595 bits per heavy atom. The van der Waals surface area contributed by atoms with Crippen molar-refractivity contribution >= 4 is 82.6 Å². The van der Waals surface area contributed by atoms with Crippen LogP contribution in [0.3, 0.4) is 0 Å². The van der Waals surface area contributed by atoms with Crippen molar-refractivity contribution in [1.29, 1.82) is 0 Å². The molecule has 0 saturated heterocycles. The summed E-state index contributed by atoms with van der Waals surface area (Å²) in [5.74, 6) is 0. The van der Waals surface area contributed by atoms with Gasteiger partial charge in [-0.1, -0.05) is 78.9 Å². The van der Waals surface area contributed by atoms with E-state index in [-0.39, 0.29) is 11.5 Å². The molecule has 42 heavy (non-hydrogen) atoms. The predicted octanol–water partition coefficient (Wildman–Crippen LogP) is 8.00. The van der Waals surface area contributed by atoms with Gasteiger partial charge >= 0.3 is 7.82 Å². The van der Waals surface area contributed by atoms with Crippen molar-refractivity contribution in [2.45, 2.75) is 11.5 Å². The molecule has 0 heterocycles. The van der Waals surface area contributed by atoms with Crippen molar-refractivity contribution in [1.82, 2.24) is 0 Å². The average molecular weight is 593 g/mol. The highest BCUT2D eigenvalue weighted by Crippen LogP contribution is 2.47. The van der Waals surface area contributed by atoms with E-state index in [4.69, 9.17) is 4.52 Å². The summed E-state index contributed by atoms with van der Waals surface area (Å²) in [5.41, 5.74) is 2.39. The van der Waals surface area contributed by atoms with Gasteiger partial charge in [0, 0.05) is 5.39 Å². The Balaban J connectivity index is 1.52. The molecular weight excluding hydrogens is 571 g/mol. The van der Waals surface area contributed by atoms with Crippen molar-refractivity contribution < 1.29 is 31.8 Å². The second-order valence-electron chi connectivity index (χ2n) is 10.6. The third-order valence-corrected chi connectivity index (χ3v) is 9.67. The molecule has 0 atom stereocenters. The Hall–Kier alpha value is -4.14. The number of hydrogen-bond acceptors (Lipinski definition) is 4. The molecule has 0 bridgehead atoms. The number of phosphoric ester groups is 1. The zero-order valence-electron chi connectivity index (χ0n) is 21.8. The molecule has 0 amide bonds. The Morgan fingerprint density at radius 3 is 1.76 bits per heavy atom. The highest BCUT2D eigenvalue weighted by atomic mass is 32.2. The third-order valence-electron chi connectivity index (χ3n) is 8.30. The van der Waals surface area contributed by atoms with Crippen molar-refractivity contribution in [2.75, 3.05) is 0 Å². The summed E-state index contributed by atoms with van der Waals surface area (Å²) in [4.78, 5) is 18.4. The van der Waals surface area contributed by atoms with Gasteiger partial charge < -0.3 is 9.79 Å². The van der Waals surface area contributed by atoms with Crippen LogP contribution in [-0.4, -0.2) is 22.8 Å². The van der Waals surface area contributed by atoms with Crippen molar-refractivity contribution in [2.24, 2.45) is 0 Å². The lowest BCUT2D eigenvalue weighted by Crippen LogP contribution is -2.00. The van der Waals surface area contributed by atoms with E-state index in [0.717, 1.165) is 70.4 Å². The topological polar surface area (TPSA) is 121 Å². The fourth-order valence-electron chi connectivity index (χ4n) is 6.63. The molecule has 0 unspecified atom stereocenters. The SMILES string of the molecule is O=P(O)(O)OCc1ccc2cc(-c3cc4c(S(=O)(=O)O)ccc5ccc6cccc3c6c54)c3cccc4ccc1c2c43. The standard InChI is InChI=1S/C33H21O7PS/c34-41(35,36)40-17-22-10-9-21-15-26(24-5-2-4-19-11-13-23(22)33(21)31(19)24)27-16-28-29(42(37,38)39)14-12-20-8-7-18-3-1-6-25(27)30(18)32(20)28/h1-16H,17H2,(H2,34,35,36)(H,37,38,39). The van der Waals surface area contributed by atoms with E-state index < -0.39 is 17.9 Å². The van der Waals surface area contributed by atoms with E-state index in [0.29, 0.717) is 10.9 Å². The largest absolute Gasteiger partial charge is 0.469 e. The minimum Gasteiger partial charge on any atom is -0.303 e. The summed E-state index contributed by atoms with van der Waals surface area (Å²) in [7, 11) is -9.16. The maximum atomic E-state index is 12.5. The van der Waals surface area contributed by atoms with E-state index in [1.54, 1.807) is 6.07 Å². The third kappa shape index (κ3) is 3.75. The van der Waals surface area contributed by atoms with Crippen molar-refractivity contribution in [3.63, 3.8) is 0 Å². The van der Waals surface area contributed by atoms with Crippen LogP contribution in [0.1, 0.15) is 5.56 Å². The number of benzene rings is 8. The second kappa shape index (κ2) is 8.69. The predicted molar refractivity (Wildman–Crippen MR) is 166 cm³/mol. The van der Waals surface area contributed by atoms with Gasteiger partial charge in [0.15, 0.2) is 0 Å². The van der Waals surface area contributed by atoms with Crippen LogP contribution in [0, 0.1) is 0 Å². The van der Waals surface area contributed by atoms with E-state index in [1.807, 2.05) is 78.9 Å². The lowest BCUT2D eigenvalue weighted by molar-refractivity contribution is 0.189. The highest BCUT2D eigenvalue weighted by molar-refractivity contribution is 7.86. The summed E-state index contributed by atoms with van der Waals surface area (Å²) in [6, 6.07) is 30.8. The number of rotatable bonds is 5. The van der Waals surface area contributed by atoms with Crippen LogP contribution < -0.4 is 0 Å².